The second-order valence-electron chi connectivity index (χ2n) is 26.3. The Hall–Kier alpha value is -1.66. The van der Waals surface area contributed by atoms with Crippen LogP contribution in [-0.2, 0) is 14.3 Å². The van der Waals surface area contributed by atoms with Gasteiger partial charge in [0.2, 0.25) is 5.91 Å². The van der Waals surface area contributed by atoms with E-state index in [1.165, 1.54) is 347 Å². The van der Waals surface area contributed by atoms with Crippen LogP contribution in [0.4, 0.5) is 0 Å². The molecule has 0 rings (SSSR count). The Morgan fingerprint density at radius 3 is 0.940 bits per heavy atom. The summed E-state index contributed by atoms with van der Waals surface area (Å²) in [6.45, 7) is 4.97. The number of esters is 1. The number of amides is 1. The SMILES string of the molecule is CCCCC/C=C\C/C=C\CCCCCCCCCC(=O)OCCCCCCCCCCCCCCCCCCCCCCCCCCCCC(=O)NC(CO)C(O)CCCCCCCCCCCCCCCCCCCCCCCCC. The van der Waals surface area contributed by atoms with Gasteiger partial charge in [-0.05, 0) is 57.8 Å². The van der Waals surface area contributed by atoms with Crippen molar-refractivity contribution in [3.63, 3.8) is 0 Å². The van der Waals surface area contributed by atoms with Crippen LogP contribution in [0.5, 0.6) is 0 Å². The van der Waals surface area contributed by atoms with Crippen LogP contribution in [0, 0.1) is 0 Å². The predicted octanol–water partition coefficient (Wildman–Crippen LogP) is 24.9. The molecule has 492 valence electrons. The number of ether oxygens (including phenoxy) is 1. The van der Waals surface area contributed by atoms with Gasteiger partial charge in [-0.1, -0.05) is 385 Å². The molecule has 0 saturated carbocycles. The summed E-state index contributed by atoms with van der Waals surface area (Å²) >= 11 is 0. The van der Waals surface area contributed by atoms with Gasteiger partial charge in [0, 0.05) is 12.8 Å². The van der Waals surface area contributed by atoms with Crippen LogP contribution in [0.3, 0.4) is 0 Å². The van der Waals surface area contributed by atoms with E-state index in [0.717, 1.165) is 51.4 Å². The highest BCUT2D eigenvalue weighted by atomic mass is 16.5. The second-order valence-corrected chi connectivity index (χ2v) is 26.3. The molecule has 6 heteroatoms. The molecule has 6 nitrogen and oxygen atoms in total. The highest BCUT2D eigenvalue weighted by Crippen LogP contribution is 2.20. The second kappa shape index (κ2) is 72.8. The molecule has 2 atom stereocenters. The Bertz CT molecular complexity index is 1300. The number of aliphatic hydroxyl groups excluding tert-OH is 2. The Balaban J connectivity index is 3.35. The van der Waals surface area contributed by atoms with Gasteiger partial charge >= 0.3 is 5.97 Å². The topological polar surface area (TPSA) is 95.9 Å². The third kappa shape index (κ3) is 69.3. The van der Waals surface area contributed by atoms with Crippen LogP contribution >= 0.6 is 0 Å². The van der Waals surface area contributed by atoms with Crippen molar-refractivity contribution in [2.24, 2.45) is 0 Å². The van der Waals surface area contributed by atoms with Crippen LogP contribution in [0.2, 0.25) is 0 Å². The zero-order chi connectivity index (χ0) is 59.9. The zero-order valence-corrected chi connectivity index (χ0v) is 56.5. The van der Waals surface area contributed by atoms with Gasteiger partial charge in [0.1, 0.15) is 0 Å². The molecule has 0 aromatic heterocycles. The quantitative estimate of drug-likeness (QED) is 0.0320. The van der Waals surface area contributed by atoms with Crippen molar-refractivity contribution in [3.05, 3.63) is 24.3 Å². The van der Waals surface area contributed by atoms with Gasteiger partial charge in [-0.25, -0.2) is 0 Å². The zero-order valence-electron chi connectivity index (χ0n) is 56.5. The molecule has 83 heavy (non-hydrogen) atoms. The lowest BCUT2D eigenvalue weighted by atomic mass is 10.0. The molecule has 1 amide bonds. The summed E-state index contributed by atoms with van der Waals surface area (Å²) in [5.41, 5.74) is 0. The number of carbonyl (C=O) groups excluding carboxylic acids is 2. The fraction of sp³-hybridized carbons (Fsp3) is 0.922. The number of aliphatic hydroxyl groups is 2. The number of hydrogen-bond donors (Lipinski definition) is 3. The predicted molar refractivity (Wildman–Crippen MR) is 366 cm³/mol. The first-order valence-electron chi connectivity index (χ1n) is 38.1. The molecule has 0 aromatic rings. The van der Waals surface area contributed by atoms with Crippen LogP contribution in [0.1, 0.15) is 431 Å². The molecule has 2 unspecified atom stereocenters. The normalized spacial score (nSPS) is 12.6. The number of carbonyl (C=O) groups is 2. The first-order chi connectivity index (χ1) is 41.0. The lowest BCUT2D eigenvalue weighted by Crippen LogP contribution is -2.45. The largest absolute Gasteiger partial charge is 0.466 e. The lowest BCUT2D eigenvalue weighted by molar-refractivity contribution is -0.143. The molecule has 0 aliphatic rings. The Morgan fingerprint density at radius 2 is 0.602 bits per heavy atom. The standard InChI is InChI=1S/C77H149NO5/c1-3-5-7-9-11-13-15-17-19-21-22-23-28-31-34-38-41-45-49-53-57-61-65-69-75(80)74(73-79)78-76(81)70-66-62-58-54-50-46-42-39-35-32-29-26-24-25-27-30-33-36-40-44-48-52-56-60-64-68-72-83-77(82)71-67-63-59-55-51-47-43-37-20-18-16-14-12-10-8-6-4-2/h12,14,18,20,74-75,79-80H,3-11,13,15-17,19,21-73H2,1-2H3,(H,78,81)/b14-12-,20-18-. The van der Waals surface area contributed by atoms with Crippen molar-refractivity contribution in [3.8, 4) is 0 Å². The third-order valence-corrected chi connectivity index (χ3v) is 18.0. The van der Waals surface area contributed by atoms with Gasteiger partial charge in [-0.2, -0.15) is 0 Å². The molecule has 0 aliphatic carbocycles. The number of rotatable bonds is 72. The van der Waals surface area contributed by atoms with E-state index in [0.29, 0.717) is 25.9 Å². The molecule has 0 aliphatic heterocycles. The van der Waals surface area contributed by atoms with Crippen molar-refractivity contribution in [2.75, 3.05) is 13.2 Å². The highest BCUT2D eigenvalue weighted by Gasteiger charge is 2.20. The van der Waals surface area contributed by atoms with E-state index in [2.05, 4.69) is 43.5 Å². The van der Waals surface area contributed by atoms with Crippen molar-refractivity contribution < 1.29 is 24.5 Å². The molecule has 0 radical (unpaired) electrons. The first kappa shape index (κ1) is 81.3. The summed E-state index contributed by atoms with van der Waals surface area (Å²) in [5.74, 6) is -0.0168. The van der Waals surface area contributed by atoms with Crippen molar-refractivity contribution in [2.45, 2.75) is 443 Å². The highest BCUT2D eigenvalue weighted by molar-refractivity contribution is 5.76. The van der Waals surface area contributed by atoms with E-state index in [-0.39, 0.29) is 18.5 Å². The number of nitrogens with one attached hydrogen (secondary N) is 1. The fourth-order valence-corrected chi connectivity index (χ4v) is 12.2. The monoisotopic (exact) mass is 1170 g/mol. The molecule has 0 saturated heterocycles. The average molecular weight is 1170 g/mol. The van der Waals surface area contributed by atoms with Crippen LogP contribution in [-0.4, -0.2) is 47.4 Å². The lowest BCUT2D eigenvalue weighted by Gasteiger charge is -2.22. The summed E-state index contributed by atoms with van der Waals surface area (Å²) in [7, 11) is 0. The molecule has 3 N–H and O–H groups in total. The minimum absolute atomic E-state index is 0.0106. The van der Waals surface area contributed by atoms with Gasteiger partial charge in [0.15, 0.2) is 0 Å². The summed E-state index contributed by atoms with van der Waals surface area (Å²) in [4.78, 5) is 24.7. The van der Waals surface area contributed by atoms with E-state index in [1.54, 1.807) is 0 Å². The van der Waals surface area contributed by atoms with Gasteiger partial charge in [0.25, 0.3) is 0 Å². The number of allylic oxidation sites excluding steroid dienone is 4. The van der Waals surface area contributed by atoms with Crippen LogP contribution in [0.15, 0.2) is 24.3 Å². The van der Waals surface area contributed by atoms with E-state index in [9.17, 15) is 19.8 Å². The summed E-state index contributed by atoms with van der Waals surface area (Å²) in [6.07, 6.45) is 92.4. The van der Waals surface area contributed by atoms with E-state index in [1.807, 2.05) is 0 Å². The van der Waals surface area contributed by atoms with Crippen molar-refractivity contribution in [1.82, 2.24) is 5.32 Å². The minimum Gasteiger partial charge on any atom is -0.466 e. The van der Waals surface area contributed by atoms with Gasteiger partial charge in [-0.3, -0.25) is 9.59 Å². The number of hydrogen-bond acceptors (Lipinski definition) is 5. The van der Waals surface area contributed by atoms with Crippen molar-refractivity contribution in [1.29, 1.82) is 0 Å². The van der Waals surface area contributed by atoms with Gasteiger partial charge < -0.3 is 20.3 Å². The molecule has 0 bridgehead atoms. The Morgan fingerprint density at radius 1 is 0.337 bits per heavy atom. The molecule has 0 heterocycles. The van der Waals surface area contributed by atoms with E-state index in [4.69, 9.17) is 4.74 Å². The smallest absolute Gasteiger partial charge is 0.305 e. The molecule has 0 aromatic carbocycles. The maximum absolute atomic E-state index is 12.6. The Kier molecular flexibility index (Phi) is 71.4. The molecule has 0 fully saturated rings. The minimum atomic E-state index is -0.664. The van der Waals surface area contributed by atoms with Crippen LogP contribution < -0.4 is 5.32 Å². The molecular formula is C77H149NO5. The molecular weight excluding hydrogens is 1020 g/mol. The van der Waals surface area contributed by atoms with Crippen LogP contribution in [0.25, 0.3) is 0 Å². The maximum Gasteiger partial charge on any atom is 0.305 e. The van der Waals surface area contributed by atoms with Gasteiger partial charge in [-0.15, -0.1) is 0 Å². The summed E-state index contributed by atoms with van der Waals surface area (Å²) in [6, 6.07) is -0.541. The van der Waals surface area contributed by atoms with Crippen molar-refractivity contribution >= 4 is 11.9 Å². The van der Waals surface area contributed by atoms with E-state index < -0.39 is 12.1 Å². The van der Waals surface area contributed by atoms with E-state index >= 15 is 0 Å². The van der Waals surface area contributed by atoms with Gasteiger partial charge in [0.05, 0.1) is 25.4 Å². The Labute approximate surface area is 520 Å². The maximum atomic E-state index is 12.6. The average Bonchev–Trinajstić information content (AvgIpc) is 3.49. The first-order valence-corrected chi connectivity index (χ1v) is 38.1. The summed E-state index contributed by atoms with van der Waals surface area (Å²) in [5, 5.41) is 23.5. The third-order valence-electron chi connectivity index (χ3n) is 18.0. The fourth-order valence-electron chi connectivity index (χ4n) is 12.2. The molecule has 0 spiro atoms. The summed E-state index contributed by atoms with van der Waals surface area (Å²) < 4.78 is 5.50. The number of unbranched alkanes of at least 4 members (excludes halogenated alkanes) is 57.